The number of amides is 4. The van der Waals surface area contributed by atoms with Gasteiger partial charge in [0.1, 0.15) is 17.2 Å². The van der Waals surface area contributed by atoms with E-state index in [2.05, 4.69) is 0 Å². The van der Waals surface area contributed by atoms with Crippen molar-refractivity contribution in [3.63, 3.8) is 0 Å². The fourth-order valence-electron chi connectivity index (χ4n) is 4.33. The number of piperazine rings is 1. The van der Waals surface area contributed by atoms with E-state index in [0.29, 0.717) is 48.3 Å². The molecule has 10 heteroatoms. The first-order valence-corrected chi connectivity index (χ1v) is 12.1. The molecule has 0 N–H and O–H groups in total. The van der Waals surface area contributed by atoms with E-state index >= 15 is 0 Å². The Bertz CT molecular complexity index is 1220. The minimum absolute atomic E-state index is 0.174. The summed E-state index contributed by atoms with van der Waals surface area (Å²) in [6, 6.07) is 12.5. The van der Waals surface area contributed by atoms with Crippen LogP contribution in [0.2, 0.25) is 5.02 Å². The van der Waals surface area contributed by atoms with Crippen LogP contribution in [0.25, 0.3) is 0 Å². The van der Waals surface area contributed by atoms with Crippen LogP contribution >= 0.6 is 23.4 Å². The van der Waals surface area contributed by atoms with Crippen molar-refractivity contribution < 1.29 is 23.3 Å². The molecule has 3 heterocycles. The zero-order chi connectivity index (χ0) is 23.8. The molecule has 0 aliphatic carbocycles. The van der Waals surface area contributed by atoms with Crippen LogP contribution in [0.5, 0.6) is 0 Å². The lowest BCUT2D eigenvalue weighted by molar-refractivity contribution is -0.416. The number of urea groups is 1. The van der Waals surface area contributed by atoms with Crippen molar-refractivity contribution >= 4 is 58.3 Å². The summed E-state index contributed by atoms with van der Waals surface area (Å²) in [5.41, 5.74) is 1.44. The maximum atomic E-state index is 14.1. The van der Waals surface area contributed by atoms with E-state index in [0.717, 1.165) is 4.90 Å². The van der Waals surface area contributed by atoms with Crippen molar-refractivity contribution in [1.82, 2.24) is 4.90 Å². The summed E-state index contributed by atoms with van der Waals surface area (Å²) < 4.78 is 15.5. The second kappa shape index (κ2) is 9.23. The molecule has 5 rings (SSSR count). The van der Waals surface area contributed by atoms with Crippen molar-refractivity contribution in [1.29, 1.82) is 0 Å². The number of fused-ring (bicyclic) bond motifs is 1. The lowest BCUT2D eigenvalue weighted by Crippen LogP contribution is -2.58. The highest BCUT2D eigenvalue weighted by Crippen LogP contribution is 2.31. The number of nitrogens with zero attached hydrogens (tertiary/aromatic N) is 4. The van der Waals surface area contributed by atoms with Gasteiger partial charge in [-0.05, 0) is 47.9 Å². The van der Waals surface area contributed by atoms with Crippen molar-refractivity contribution in [2.24, 2.45) is 0 Å². The number of carbonyl (C=O) groups is 3. The molecule has 0 bridgehead atoms. The lowest BCUT2D eigenvalue weighted by Gasteiger charge is -2.36. The van der Waals surface area contributed by atoms with E-state index in [1.807, 2.05) is 4.90 Å². The molecule has 1 fully saturated rings. The molecule has 174 valence electrons. The number of anilines is 2. The molecular formula is C24H21ClFN4O3S+. The third-order valence-electron chi connectivity index (χ3n) is 6.10. The molecule has 34 heavy (non-hydrogen) atoms. The van der Waals surface area contributed by atoms with Crippen LogP contribution in [0, 0.1) is 5.82 Å². The van der Waals surface area contributed by atoms with Gasteiger partial charge in [-0.3, -0.25) is 4.79 Å². The third-order valence-corrected chi connectivity index (χ3v) is 7.36. The number of thioether (sulfide) groups is 1. The van der Waals surface area contributed by atoms with Crippen LogP contribution in [0.15, 0.2) is 60.0 Å². The molecule has 3 aliphatic heterocycles. The Hall–Kier alpha value is -3.17. The summed E-state index contributed by atoms with van der Waals surface area (Å²) >= 11 is 7.27. The largest absolute Gasteiger partial charge is 0.506 e. The normalized spacial score (nSPS) is 20.3. The van der Waals surface area contributed by atoms with Gasteiger partial charge in [-0.1, -0.05) is 23.7 Å². The van der Waals surface area contributed by atoms with Gasteiger partial charge in [-0.15, -0.1) is 16.7 Å². The summed E-state index contributed by atoms with van der Waals surface area (Å²) in [6.07, 6.45) is 1.72. The molecule has 1 saturated heterocycles. The zero-order valence-electron chi connectivity index (χ0n) is 18.1. The summed E-state index contributed by atoms with van der Waals surface area (Å²) in [7, 11) is 0. The molecule has 1 unspecified atom stereocenters. The number of rotatable bonds is 4. The molecule has 0 saturated carbocycles. The van der Waals surface area contributed by atoms with Gasteiger partial charge >= 0.3 is 11.9 Å². The minimum atomic E-state index is -0.584. The molecular weight excluding hydrogens is 479 g/mol. The standard InChI is InChI=1S/C24H21ClFN4O3S/c25-16-5-7-17(8-6-16)30-23(32)22-20(9-14-34-22)29(24(30)33)15-21(31)28-12-10-27(11-13-28)19-4-2-1-3-18(19)26/h1-9,14,22H,10-13,15H2/q+1. The summed E-state index contributed by atoms with van der Waals surface area (Å²) in [4.78, 5) is 44.3. The van der Waals surface area contributed by atoms with E-state index in [1.165, 1.54) is 22.4 Å². The average Bonchev–Trinajstić information content (AvgIpc) is 3.34. The fourth-order valence-corrected chi connectivity index (χ4v) is 5.40. The van der Waals surface area contributed by atoms with E-state index in [1.54, 1.807) is 58.8 Å². The van der Waals surface area contributed by atoms with Crippen LogP contribution in [-0.2, 0) is 9.59 Å². The number of hydrogen-bond donors (Lipinski definition) is 0. The first-order chi connectivity index (χ1) is 16.4. The summed E-state index contributed by atoms with van der Waals surface area (Å²) in [5.74, 6) is -0.857. The Morgan fingerprint density at radius 3 is 2.47 bits per heavy atom. The second-order valence-electron chi connectivity index (χ2n) is 8.08. The molecule has 2 aromatic carbocycles. The Kier molecular flexibility index (Phi) is 6.14. The minimum Gasteiger partial charge on any atom is -0.366 e. The molecule has 1 atom stereocenters. The van der Waals surface area contributed by atoms with Gasteiger partial charge in [0, 0.05) is 31.2 Å². The van der Waals surface area contributed by atoms with Crippen LogP contribution in [0.1, 0.15) is 0 Å². The lowest BCUT2D eigenvalue weighted by atomic mass is 10.1. The van der Waals surface area contributed by atoms with Gasteiger partial charge in [0.25, 0.3) is 5.91 Å². The smallest absolute Gasteiger partial charge is 0.366 e. The molecule has 4 amide bonds. The molecule has 2 aromatic rings. The highest BCUT2D eigenvalue weighted by molar-refractivity contribution is 8.04. The monoisotopic (exact) mass is 499 g/mol. The number of allylic oxidation sites excluding steroid dienone is 1. The molecule has 0 radical (unpaired) electrons. The average molecular weight is 500 g/mol. The molecule has 7 nitrogen and oxygen atoms in total. The number of para-hydroxylation sites is 1. The maximum Gasteiger partial charge on any atom is 0.506 e. The van der Waals surface area contributed by atoms with Crippen LogP contribution < -0.4 is 9.80 Å². The van der Waals surface area contributed by atoms with Crippen molar-refractivity contribution in [3.8, 4) is 0 Å². The number of hydrogen-bond acceptors (Lipinski definition) is 5. The van der Waals surface area contributed by atoms with Crippen molar-refractivity contribution in [3.05, 3.63) is 70.9 Å². The summed E-state index contributed by atoms with van der Waals surface area (Å²) in [6.45, 7) is 1.64. The number of carbonyl (C=O) groups excluding carboxylic acids is 3. The fraction of sp³-hybridized carbons (Fsp3) is 0.250. The van der Waals surface area contributed by atoms with Crippen LogP contribution in [-0.4, -0.2) is 71.0 Å². The maximum absolute atomic E-state index is 14.1. The van der Waals surface area contributed by atoms with Gasteiger partial charge in [0.05, 0.1) is 5.69 Å². The van der Waals surface area contributed by atoms with Gasteiger partial charge in [0.2, 0.25) is 0 Å². The third kappa shape index (κ3) is 4.10. The van der Waals surface area contributed by atoms with Gasteiger partial charge in [-0.2, -0.15) is 9.37 Å². The van der Waals surface area contributed by atoms with Gasteiger partial charge in [-0.25, -0.2) is 9.18 Å². The van der Waals surface area contributed by atoms with Crippen molar-refractivity contribution in [2.45, 2.75) is 5.25 Å². The van der Waals surface area contributed by atoms with Crippen LogP contribution in [0.3, 0.4) is 0 Å². The van der Waals surface area contributed by atoms with E-state index < -0.39 is 11.3 Å². The van der Waals surface area contributed by atoms with Gasteiger partial charge in [0.15, 0.2) is 11.8 Å². The number of benzene rings is 2. The Morgan fingerprint density at radius 1 is 1.06 bits per heavy atom. The SMILES string of the molecule is O=C(C[N+]1=C2C=CSC2C(=O)N(c2ccc(Cl)cc2)C1=O)N1CCN(c2ccccc2F)CC1. The first-order valence-electron chi connectivity index (χ1n) is 10.8. The predicted octanol–water partition coefficient (Wildman–Crippen LogP) is 3.38. The Morgan fingerprint density at radius 2 is 1.76 bits per heavy atom. The van der Waals surface area contributed by atoms with E-state index in [-0.39, 0.29) is 24.2 Å². The highest BCUT2D eigenvalue weighted by Gasteiger charge is 2.50. The topological polar surface area (TPSA) is 63.9 Å². The Balaban J connectivity index is 1.33. The van der Waals surface area contributed by atoms with Crippen molar-refractivity contribution in [2.75, 3.05) is 42.5 Å². The zero-order valence-corrected chi connectivity index (χ0v) is 19.6. The second-order valence-corrected chi connectivity index (χ2v) is 9.53. The quantitative estimate of drug-likeness (QED) is 0.603. The Labute approximate surface area is 205 Å². The van der Waals surface area contributed by atoms with Gasteiger partial charge < -0.3 is 9.80 Å². The van der Waals surface area contributed by atoms with Crippen LogP contribution in [0.4, 0.5) is 20.6 Å². The molecule has 3 aliphatic rings. The number of imide groups is 1. The predicted molar refractivity (Wildman–Crippen MR) is 130 cm³/mol. The van der Waals surface area contributed by atoms with E-state index in [4.69, 9.17) is 11.6 Å². The summed E-state index contributed by atoms with van der Waals surface area (Å²) in [5, 5.41) is 1.67. The molecule has 0 spiro atoms. The highest BCUT2D eigenvalue weighted by atomic mass is 35.5. The number of halogens is 2. The molecule has 0 aromatic heterocycles. The van der Waals surface area contributed by atoms with E-state index in [9.17, 15) is 18.8 Å². The first kappa shape index (κ1) is 22.6.